The van der Waals surface area contributed by atoms with Crippen molar-refractivity contribution < 1.29 is 21.8 Å². The summed E-state index contributed by atoms with van der Waals surface area (Å²) in [7, 11) is -4.06. The van der Waals surface area contributed by atoms with Crippen LogP contribution >= 0.6 is 11.6 Å². The summed E-state index contributed by atoms with van der Waals surface area (Å²) in [6, 6.07) is 10.8. The third-order valence-corrected chi connectivity index (χ3v) is 5.29. The molecule has 5 nitrogen and oxygen atoms in total. The van der Waals surface area contributed by atoms with Crippen molar-refractivity contribution in [2.75, 3.05) is 6.54 Å². The van der Waals surface area contributed by atoms with E-state index in [0.29, 0.717) is 13.1 Å². The van der Waals surface area contributed by atoms with E-state index in [9.17, 15) is 17.6 Å². The van der Waals surface area contributed by atoms with E-state index in [-0.39, 0.29) is 22.5 Å². The minimum Gasteiger partial charge on any atom is -0.379 e. The van der Waals surface area contributed by atoms with Gasteiger partial charge in [0.25, 0.3) is 0 Å². The van der Waals surface area contributed by atoms with Crippen LogP contribution in [-0.4, -0.2) is 31.1 Å². The zero-order valence-electron chi connectivity index (χ0n) is 15.9. The molecular weight excluding hydrogens is 405 g/mol. The lowest BCUT2D eigenvalue weighted by Crippen LogP contribution is -2.37. The van der Waals surface area contributed by atoms with Crippen molar-refractivity contribution in [1.82, 2.24) is 4.90 Å². The zero-order chi connectivity index (χ0) is 20.9. The van der Waals surface area contributed by atoms with Gasteiger partial charge >= 0.3 is 10.1 Å². The Hall–Kier alpha value is -2.12. The Bertz CT molecular complexity index is 897. The number of carbonyl (C=O) groups is 1. The van der Waals surface area contributed by atoms with Gasteiger partial charge in [-0.1, -0.05) is 26.0 Å². The molecular formula is C20H23ClFNO4S. The number of nitrogens with zero attached hydrogens (tertiary/aromatic N) is 1. The van der Waals surface area contributed by atoms with Crippen molar-refractivity contribution >= 4 is 27.6 Å². The van der Waals surface area contributed by atoms with Gasteiger partial charge in [0.05, 0.1) is 0 Å². The Kier molecular flexibility index (Phi) is 7.43. The molecule has 0 aromatic heterocycles. The summed E-state index contributed by atoms with van der Waals surface area (Å²) >= 11 is 5.94. The maximum absolute atomic E-state index is 13.0. The van der Waals surface area contributed by atoms with Crippen LogP contribution in [0.15, 0.2) is 53.4 Å². The van der Waals surface area contributed by atoms with E-state index in [4.69, 9.17) is 15.8 Å². The molecule has 152 valence electrons. The molecule has 8 heteroatoms. The molecule has 0 radical (unpaired) electrons. The van der Waals surface area contributed by atoms with Crippen molar-refractivity contribution in [1.29, 1.82) is 0 Å². The number of carbonyl (C=O) groups excluding carboxylic acids is 1. The summed E-state index contributed by atoms with van der Waals surface area (Å²) in [4.78, 5) is 13.8. The molecule has 0 aliphatic heterocycles. The second kappa shape index (κ2) is 9.39. The molecule has 0 fully saturated rings. The molecule has 0 bridgehead atoms. The standard InChI is InChI=1S/C20H23ClFNO4S/c1-14(2)12-23(20(24)15(3)21)13-16-4-8-18(9-5-16)27-28(25,26)19-10-6-17(22)7-11-19/h4-11,14-15H,12-13H2,1-3H3/t15-/m1/s1. The first-order chi connectivity index (χ1) is 13.1. The predicted octanol–water partition coefficient (Wildman–Crippen LogP) is 4.21. The van der Waals surface area contributed by atoms with Gasteiger partial charge < -0.3 is 9.08 Å². The Morgan fingerprint density at radius 3 is 2.14 bits per heavy atom. The van der Waals surface area contributed by atoms with Gasteiger partial charge in [0.1, 0.15) is 21.8 Å². The Morgan fingerprint density at radius 1 is 1.07 bits per heavy atom. The van der Waals surface area contributed by atoms with Gasteiger partial charge in [0, 0.05) is 13.1 Å². The Morgan fingerprint density at radius 2 is 1.64 bits per heavy atom. The van der Waals surface area contributed by atoms with E-state index < -0.39 is 21.3 Å². The number of benzene rings is 2. The number of amides is 1. The Balaban J connectivity index is 2.11. The average Bonchev–Trinajstić information content (AvgIpc) is 2.61. The molecule has 0 unspecified atom stereocenters. The van der Waals surface area contributed by atoms with E-state index in [1.807, 2.05) is 13.8 Å². The van der Waals surface area contributed by atoms with Crippen molar-refractivity contribution in [3.05, 3.63) is 59.9 Å². The van der Waals surface area contributed by atoms with Crippen LogP contribution in [0.25, 0.3) is 0 Å². The van der Waals surface area contributed by atoms with Gasteiger partial charge in [0.15, 0.2) is 0 Å². The minimum absolute atomic E-state index is 0.125. The van der Waals surface area contributed by atoms with Gasteiger partial charge in [0.2, 0.25) is 5.91 Å². The first-order valence-corrected chi connectivity index (χ1v) is 10.6. The topological polar surface area (TPSA) is 63.7 Å². The highest BCUT2D eigenvalue weighted by Crippen LogP contribution is 2.20. The molecule has 0 saturated heterocycles. The third kappa shape index (κ3) is 6.21. The minimum atomic E-state index is -4.06. The predicted molar refractivity (Wildman–Crippen MR) is 106 cm³/mol. The van der Waals surface area contributed by atoms with Crippen LogP contribution in [0.4, 0.5) is 4.39 Å². The largest absolute Gasteiger partial charge is 0.379 e. The van der Waals surface area contributed by atoms with Crippen molar-refractivity contribution in [3.63, 3.8) is 0 Å². The lowest BCUT2D eigenvalue weighted by Gasteiger charge is -2.26. The maximum Gasteiger partial charge on any atom is 0.339 e. The van der Waals surface area contributed by atoms with Crippen molar-refractivity contribution in [2.45, 2.75) is 37.6 Å². The molecule has 2 aromatic rings. The summed E-state index contributed by atoms with van der Waals surface area (Å²) < 4.78 is 42.5. The molecule has 0 saturated carbocycles. The molecule has 0 N–H and O–H groups in total. The number of rotatable bonds is 8. The van der Waals surface area contributed by atoms with Gasteiger partial charge in [-0.05, 0) is 54.8 Å². The molecule has 28 heavy (non-hydrogen) atoms. The van der Waals surface area contributed by atoms with Crippen LogP contribution in [0.1, 0.15) is 26.3 Å². The normalized spacial score (nSPS) is 12.6. The van der Waals surface area contributed by atoms with Crippen LogP contribution in [0.2, 0.25) is 0 Å². The summed E-state index contributed by atoms with van der Waals surface area (Å²) in [5, 5.41) is -0.623. The zero-order valence-corrected chi connectivity index (χ0v) is 17.5. The summed E-state index contributed by atoms with van der Waals surface area (Å²) in [6.45, 7) is 6.58. The van der Waals surface area contributed by atoms with Gasteiger partial charge in [-0.2, -0.15) is 8.42 Å². The van der Waals surface area contributed by atoms with Gasteiger partial charge in [-0.25, -0.2) is 4.39 Å². The highest BCUT2D eigenvalue weighted by molar-refractivity contribution is 7.87. The lowest BCUT2D eigenvalue weighted by atomic mass is 10.1. The molecule has 0 heterocycles. The lowest BCUT2D eigenvalue weighted by molar-refractivity contribution is -0.131. The number of hydrogen-bond donors (Lipinski definition) is 0. The van der Waals surface area contributed by atoms with Crippen LogP contribution in [0.3, 0.4) is 0 Å². The number of hydrogen-bond acceptors (Lipinski definition) is 4. The molecule has 0 spiro atoms. The molecule has 0 aliphatic carbocycles. The van der Waals surface area contributed by atoms with Crippen LogP contribution < -0.4 is 4.18 Å². The first-order valence-electron chi connectivity index (χ1n) is 8.80. The molecule has 2 rings (SSSR count). The molecule has 2 aromatic carbocycles. The number of halogens is 2. The van der Waals surface area contributed by atoms with Crippen molar-refractivity contribution in [2.24, 2.45) is 5.92 Å². The summed E-state index contributed by atoms with van der Waals surface area (Å²) in [6.07, 6.45) is 0. The highest BCUT2D eigenvalue weighted by atomic mass is 35.5. The fourth-order valence-electron chi connectivity index (χ4n) is 2.57. The van der Waals surface area contributed by atoms with E-state index in [1.54, 1.807) is 24.0 Å². The fourth-order valence-corrected chi connectivity index (χ4v) is 3.64. The summed E-state index contributed by atoms with van der Waals surface area (Å²) in [5.74, 6) is -0.284. The van der Waals surface area contributed by atoms with Crippen LogP contribution in [0.5, 0.6) is 5.75 Å². The third-order valence-electron chi connectivity index (χ3n) is 3.84. The second-order valence-corrected chi connectivity index (χ2v) is 9.06. The second-order valence-electron chi connectivity index (χ2n) is 6.86. The maximum atomic E-state index is 13.0. The highest BCUT2D eigenvalue weighted by Gasteiger charge is 2.20. The molecule has 1 atom stereocenters. The Labute approximate surface area is 170 Å². The van der Waals surface area contributed by atoms with Gasteiger partial charge in [-0.3, -0.25) is 4.79 Å². The SMILES string of the molecule is CC(C)CN(Cc1ccc(OS(=O)(=O)c2ccc(F)cc2)cc1)C(=O)[C@@H](C)Cl. The molecule has 1 amide bonds. The smallest absolute Gasteiger partial charge is 0.339 e. The average molecular weight is 428 g/mol. The van der Waals surface area contributed by atoms with Crippen LogP contribution in [0, 0.1) is 11.7 Å². The van der Waals surface area contributed by atoms with E-state index in [2.05, 4.69) is 0 Å². The monoisotopic (exact) mass is 427 g/mol. The quantitative estimate of drug-likeness (QED) is 0.467. The number of alkyl halides is 1. The van der Waals surface area contributed by atoms with Crippen LogP contribution in [-0.2, 0) is 21.5 Å². The first kappa shape index (κ1) is 22.2. The van der Waals surface area contributed by atoms with E-state index >= 15 is 0 Å². The van der Waals surface area contributed by atoms with E-state index in [1.165, 1.54) is 12.1 Å². The summed E-state index contributed by atoms with van der Waals surface area (Å²) in [5.41, 5.74) is 0.817. The fraction of sp³-hybridized carbons (Fsp3) is 0.350. The molecule has 0 aliphatic rings. The van der Waals surface area contributed by atoms with E-state index in [0.717, 1.165) is 29.8 Å². The van der Waals surface area contributed by atoms with Gasteiger partial charge in [-0.15, -0.1) is 11.6 Å². The van der Waals surface area contributed by atoms with Crippen molar-refractivity contribution in [3.8, 4) is 5.75 Å².